The molecule has 0 saturated carbocycles. The zero-order chi connectivity index (χ0) is 16.9. The fraction of sp³-hybridized carbons (Fsp3) is 0.111. The van der Waals surface area contributed by atoms with Crippen LogP contribution < -0.4 is 10.1 Å². The van der Waals surface area contributed by atoms with E-state index in [4.69, 9.17) is 16.3 Å². The standard InChI is InChI=1S/C18H15N3O3/c1-2-12-4-3-5-13(8-12)21-18-14-9-17(24-7-6-22)16(23)10-15(14)19-11-20-18/h1,3-5,8-11,22-23H,6-7H2,(H,19,20,21). The summed E-state index contributed by atoms with van der Waals surface area (Å²) in [5, 5.41) is 22.7. The van der Waals surface area contributed by atoms with Gasteiger partial charge in [0.05, 0.1) is 12.1 Å². The maximum atomic E-state index is 9.97. The number of nitrogens with zero attached hydrogens (tertiary/aromatic N) is 2. The minimum absolute atomic E-state index is 0.0464. The van der Waals surface area contributed by atoms with Crippen molar-refractivity contribution in [3.05, 3.63) is 48.3 Å². The van der Waals surface area contributed by atoms with Crippen LogP contribution in [0.4, 0.5) is 11.5 Å². The molecule has 2 aromatic carbocycles. The normalized spacial score (nSPS) is 10.3. The third-order valence-electron chi connectivity index (χ3n) is 3.36. The fourth-order valence-electron chi connectivity index (χ4n) is 2.27. The number of benzene rings is 2. The molecule has 0 atom stereocenters. The minimum atomic E-state index is -0.146. The fourth-order valence-corrected chi connectivity index (χ4v) is 2.27. The third-order valence-corrected chi connectivity index (χ3v) is 3.36. The monoisotopic (exact) mass is 321 g/mol. The van der Waals surface area contributed by atoms with E-state index in [-0.39, 0.29) is 24.7 Å². The van der Waals surface area contributed by atoms with Crippen molar-refractivity contribution in [2.45, 2.75) is 0 Å². The molecule has 0 spiro atoms. The van der Waals surface area contributed by atoms with Gasteiger partial charge in [-0.25, -0.2) is 9.97 Å². The number of phenolic OH excluding ortho intramolecular Hbond substituents is 1. The number of phenols is 1. The molecule has 0 aliphatic heterocycles. The van der Waals surface area contributed by atoms with Gasteiger partial charge in [0.25, 0.3) is 0 Å². The number of aromatic hydroxyl groups is 1. The van der Waals surface area contributed by atoms with Crippen molar-refractivity contribution in [2.24, 2.45) is 0 Å². The van der Waals surface area contributed by atoms with Gasteiger partial charge in [-0.2, -0.15) is 0 Å². The van der Waals surface area contributed by atoms with Crippen molar-refractivity contribution in [2.75, 3.05) is 18.5 Å². The lowest BCUT2D eigenvalue weighted by Crippen LogP contribution is -2.02. The highest BCUT2D eigenvalue weighted by molar-refractivity contribution is 5.93. The highest BCUT2D eigenvalue weighted by Gasteiger charge is 2.10. The Morgan fingerprint density at radius 2 is 2.08 bits per heavy atom. The zero-order valence-electron chi connectivity index (χ0n) is 12.7. The van der Waals surface area contributed by atoms with Crippen molar-refractivity contribution in [1.82, 2.24) is 9.97 Å². The van der Waals surface area contributed by atoms with Crippen LogP contribution in [0.5, 0.6) is 11.5 Å². The van der Waals surface area contributed by atoms with Gasteiger partial charge < -0.3 is 20.3 Å². The van der Waals surface area contributed by atoms with Crippen molar-refractivity contribution >= 4 is 22.4 Å². The van der Waals surface area contributed by atoms with Crippen LogP contribution in [-0.2, 0) is 0 Å². The Labute approximate surface area is 138 Å². The molecule has 0 radical (unpaired) electrons. The zero-order valence-corrected chi connectivity index (χ0v) is 12.7. The predicted molar refractivity (Wildman–Crippen MR) is 91.4 cm³/mol. The van der Waals surface area contributed by atoms with Crippen LogP contribution in [0.3, 0.4) is 0 Å². The number of ether oxygens (including phenoxy) is 1. The predicted octanol–water partition coefficient (Wildman–Crippen LogP) is 2.43. The highest BCUT2D eigenvalue weighted by atomic mass is 16.5. The van der Waals surface area contributed by atoms with E-state index < -0.39 is 0 Å². The van der Waals surface area contributed by atoms with Crippen LogP contribution >= 0.6 is 0 Å². The third kappa shape index (κ3) is 3.21. The summed E-state index contributed by atoms with van der Waals surface area (Å²) in [5.74, 6) is 3.35. The van der Waals surface area contributed by atoms with Crippen molar-refractivity contribution in [3.8, 4) is 23.8 Å². The Morgan fingerprint density at radius 3 is 2.88 bits per heavy atom. The largest absolute Gasteiger partial charge is 0.504 e. The Balaban J connectivity index is 2.02. The van der Waals surface area contributed by atoms with E-state index in [0.29, 0.717) is 16.7 Å². The second-order valence-corrected chi connectivity index (χ2v) is 4.98. The van der Waals surface area contributed by atoms with E-state index in [9.17, 15) is 5.11 Å². The molecule has 0 bridgehead atoms. The molecule has 0 saturated heterocycles. The Morgan fingerprint density at radius 1 is 1.21 bits per heavy atom. The molecule has 3 rings (SSSR count). The van der Waals surface area contributed by atoms with Gasteiger partial charge >= 0.3 is 0 Å². The summed E-state index contributed by atoms with van der Waals surface area (Å²) in [6.45, 7) is -0.0630. The first kappa shape index (κ1) is 15.6. The van der Waals surface area contributed by atoms with Gasteiger partial charge in [-0.1, -0.05) is 12.0 Å². The average molecular weight is 321 g/mol. The maximum Gasteiger partial charge on any atom is 0.161 e. The molecule has 6 nitrogen and oxygen atoms in total. The Kier molecular flexibility index (Phi) is 4.45. The number of fused-ring (bicyclic) bond motifs is 1. The maximum absolute atomic E-state index is 9.97. The van der Waals surface area contributed by atoms with Gasteiger partial charge in [-0.3, -0.25) is 0 Å². The molecule has 0 unspecified atom stereocenters. The van der Waals surface area contributed by atoms with Gasteiger partial charge in [0.2, 0.25) is 0 Å². The SMILES string of the molecule is C#Cc1cccc(Nc2ncnc3cc(O)c(OCCO)cc23)c1. The molecule has 120 valence electrons. The lowest BCUT2D eigenvalue weighted by atomic mass is 10.2. The second kappa shape index (κ2) is 6.86. The molecule has 0 amide bonds. The van der Waals surface area contributed by atoms with E-state index in [2.05, 4.69) is 21.2 Å². The summed E-state index contributed by atoms with van der Waals surface area (Å²) < 4.78 is 5.33. The minimum Gasteiger partial charge on any atom is -0.504 e. The summed E-state index contributed by atoms with van der Waals surface area (Å²) in [7, 11) is 0. The molecule has 3 N–H and O–H groups in total. The van der Waals surface area contributed by atoms with Crippen molar-refractivity contribution in [1.29, 1.82) is 0 Å². The average Bonchev–Trinajstić information content (AvgIpc) is 2.60. The summed E-state index contributed by atoms with van der Waals surface area (Å²) >= 11 is 0. The van der Waals surface area contributed by atoms with Crippen molar-refractivity contribution < 1.29 is 14.9 Å². The number of nitrogens with one attached hydrogen (secondary N) is 1. The number of anilines is 2. The first-order valence-electron chi connectivity index (χ1n) is 7.26. The Bertz CT molecular complexity index is 919. The summed E-state index contributed by atoms with van der Waals surface area (Å²) in [4.78, 5) is 8.40. The molecule has 6 heteroatoms. The van der Waals surface area contributed by atoms with Crippen LogP contribution in [0.25, 0.3) is 10.9 Å². The second-order valence-electron chi connectivity index (χ2n) is 4.98. The summed E-state index contributed by atoms with van der Waals surface area (Å²) in [6.07, 6.45) is 6.82. The lowest BCUT2D eigenvalue weighted by Gasteiger charge is -2.11. The Hall–Kier alpha value is -3.30. The van der Waals surface area contributed by atoms with Gasteiger partial charge in [0, 0.05) is 22.7 Å². The number of terminal acetylenes is 1. The van der Waals surface area contributed by atoms with E-state index in [1.54, 1.807) is 6.07 Å². The number of aromatic nitrogens is 2. The van der Waals surface area contributed by atoms with Crippen LogP contribution in [0.2, 0.25) is 0 Å². The molecule has 3 aromatic rings. The quantitative estimate of drug-likeness (QED) is 0.626. The first-order valence-corrected chi connectivity index (χ1v) is 7.26. The van der Waals surface area contributed by atoms with Gasteiger partial charge in [0.15, 0.2) is 11.5 Å². The van der Waals surface area contributed by atoms with Gasteiger partial charge in [0.1, 0.15) is 18.8 Å². The smallest absolute Gasteiger partial charge is 0.161 e. The molecular weight excluding hydrogens is 306 g/mol. The number of aliphatic hydroxyl groups excluding tert-OH is 1. The van der Waals surface area contributed by atoms with E-state index in [1.165, 1.54) is 12.4 Å². The topological polar surface area (TPSA) is 87.5 Å². The van der Waals surface area contributed by atoms with E-state index in [0.717, 1.165) is 11.3 Å². The number of hydrogen-bond donors (Lipinski definition) is 3. The van der Waals surface area contributed by atoms with Gasteiger partial charge in [-0.05, 0) is 24.3 Å². The van der Waals surface area contributed by atoms with Crippen LogP contribution in [-0.4, -0.2) is 33.4 Å². The molecule has 24 heavy (non-hydrogen) atoms. The molecule has 1 heterocycles. The molecule has 1 aromatic heterocycles. The molecular formula is C18H15N3O3. The number of rotatable bonds is 5. The van der Waals surface area contributed by atoms with Crippen LogP contribution in [0, 0.1) is 12.3 Å². The summed E-state index contributed by atoms with van der Waals surface area (Å²) in [6, 6.07) is 10.5. The van der Waals surface area contributed by atoms with Gasteiger partial charge in [-0.15, -0.1) is 6.42 Å². The lowest BCUT2D eigenvalue weighted by molar-refractivity contribution is 0.197. The van der Waals surface area contributed by atoms with E-state index in [1.807, 2.05) is 24.3 Å². The number of hydrogen-bond acceptors (Lipinski definition) is 6. The molecule has 0 fully saturated rings. The summed E-state index contributed by atoms with van der Waals surface area (Å²) in [5.41, 5.74) is 2.11. The number of aliphatic hydroxyl groups is 1. The molecule has 0 aliphatic rings. The van der Waals surface area contributed by atoms with E-state index >= 15 is 0 Å². The first-order chi connectivity index (χ1) is 11.7. The van der Waals surface area contributed by atoms with Crippen molar-refractivity contribution in [3.63, 3.8) is 0 Å². The molecule has 0 aliphatic carbocycles. The van der Waals surface area contributed by atoms with Crippen LogP contribution in [0.1, 0.15) is 5.56 Å². The van der Waals surface area contributed by atoms with Crippen LogP contribution in [0.15, 0.2) is 42.7 Å². The highest BCUT2D eigenvalue weighted by Crippen LogP contribution is 2.33.